The Hall–Kier alpha value is -2.16. The average molecular weight is 280 g/mol. The molecule has 1 aromatic carbocycles. The number of likely N-dealkylation sites (tertiary alicyclic amines) is 1. The van der Waals surface area contributed by atoms with Crippen LogP contribution >= 0.6 is 0 Å². The van der Waals surface area contributed by atoms with Gasteiger partial charge in [-0.2, -0.15) is 0 Å². The first-order valence-corrected chi connectivity index (χ1v) is 7.57. The Kier molecular flexibility index (Phi) is 4.29. The van der Waals surface area contributed by atoms with Crippen molar-refractivity contribution < 1.29 is 4.79 Å². The van der Waals surface area contributed by atoms with Crippen molar-refractivity contribution in [2.45, 2.75) is 19.3 Å². The molecule has 2 aromatic rings. The highest BCUT2D eigenvalue weighted by atomic mass is 16.2. The van der Waals surface area contributed by atoms with Crippen molar-refractivity contribution in [2.24, 2.45) is 5.92 Å². The second-order valence-electron chi connectivity index (χ2n) is 5.65. The van der Waals surface area contributed by atoms with E-state index in [1.807, 2.05) is 53.6 Å². The molecule has 1 saturated heterocycles. The number of carbonyl (C=O) groups is 1. The van der Waals surface area contributed by atoms with Gasteiger partial charge in [0, 0.05) is 30.5 Å². The number of carbonyl (C=O) groups excluding carboxylic acids is 1. The standard InChI is InChI=1S/C18H20N2O/c21-18(16-8-2-1-3-9-16)20-12-6-7-15(14-20)13-17-10-4-5-11-19-17/h1-5,8-11,15H,6-7,12-14H2. The molecule has 1 amide bonds. The first kappa shape index (κ1) is 13.8. The van der Waals surface area contributed by atoms with Gasteiger partial charge in [-0.15, -0.1) is 0 Å². The summed E-state index contributed by atoms with van der Waals surface area (Å²) < 4.78 is 0. The van der Waals surface area contributed by atoms with E-state index in [-0.39, 0.29) is 5.91 Å². The Morgan fingerprint density at radius 3 is 2.71 bits per heavy atom. The number of aromatic nitrogens is 1. The Bertz CT molecular complexity index is 583. The normalized spacial score (nSPS) is 18.5. The minimum atomic E-state index is 0.154. The minimum absolute atomic E-state index is 0.154. The van der Waals surface area contributed by atoms with Crippen molar-refractivity contribution in [3.05, 3.63) is 66.0 Å². The van der Waals surface area contributed by atoms with E-state index < -0.39 is 0 Å². The van der Waals surface area contributed by atoms with Gasteiger partial charge in [0.1, 0.15) is 0 Å². The van der Waals surface area contributed by atoms with Gasteiger partial charge in [0.15, 0.2) is 0 Å². The van der Waals surface area contributed by atoms with Crippen molar-refractivity contribution in [3.8, 4) is 0 Å². The molecular weight excluding hydrogens is 260 g/mol. The van der Waals surface area contributed by atoms with Gasteiger partial charge in [0.2, 0.25) is 0 Å². The smallest absolute Gasteiger partial charge is 0.253 e. The zero-order valence-corrected chi connectivity index (χ0v) is 12.1. The van der Waals surface area contributed by atoms with Gasteiger partial charge in [-0.05, 0) is 49.4 Å². The second kappa shape index (κ2) is 6.53. The molecule has 1 aliphatic heterocycles. The lowest BCUT2D eigenvalue weighted by Crippen LogP contribution is -2.40. The fraction of sp³-hybridized carbons (Fsp3) is 0.333. The van der Waals surface area contributed by atoms with Gasteiger partial charge in [0.05, 0.1) is 0 Å². The van der Waals surface area contributed by atoms with Crippen LogP contribution in [-0.4, -0.2) is 28.9 Å². The van der Waals surface area contributed by atoms with E-state index in [1.165, 1.54) is 6.42 Å². The van der Waals surface area contributed by atoms with Gasteiger partial charge >= 0.3 is 0 Å². The predicted molar refractivity (Wildman–Crippen MR) is 83.0 cm³/mol. The van der Waals surface area contributed by atoms with Crippen molar-refractivity contribution in [1.29, 1.82) is 0 Å². The Morgan fingerprint density at radius 2 is 1.95 bits per heavy atom. The Balaban J connectivity index is 1.64. The minimum Gasteiger partial charge on any atom is -0.338 e. The topological polar surface area (TPSA) is 33.2 Å². The van der Waals surface area contributed by atoms with Gasteiger partial charge in [-0.3, -0.25) is 9.78 Å². The van der Waals surface area contributed by atoms with E-state index in [1.54, 1.807) is 0 Å². The maximum absolute atomic E-state index is 12.5. The molecule has 1 fully saturated rings. The molecular formula is C18H20N2O. The molecule has 1 atom stereocenters. The first-order chi connectivity index (χ1) is 10.3. The molecule has 0 bridgehead atoms. The van der Waals surface area contributed by atoms with Crippen LogP contribution in [-0.2, 0) is 6.42 Å². The molecule has 21 heavy (non-hydrogen) atoms. The van der Waals surface area contributed by atoms with Crippen LogP contribution in [0.15, 0.2) is 54.7 Å². The van der Waals surface area contributed by atoms with E-state index >= 15 is 0 Å². The number of hydrogen-bond acceptors (Lipinski definition) is 2. The summed E-state index contributed by atoms with van der Waals surface area (Å²) in [5.41, 5.74) is 1.91. The van der Waals surface area contributed by atoms with Crippen LogP contribution in [0.1, 0.15) is 28.9 Å². The summed E-state index contributed by atoms with van der Waals surface area (Å²) in [6, 6.07) is 15.6. The van der Waals surface area contributed by atoms with Gasteiger partial charge in [0.25, 0.3) is 5.91 Å². The average Bonchev–Trinajstić information content (AvgIpc) is 2.56. The summed E-state index contributed by atoms with van der Waals surface area (Å²) >= 11 is 0. The fourth-order valence-corrected chi connectivity index (χ4v) is 2.99. The van der Waals surface area contributed by atoms with Crippen LogP contribution < -0.4 is 0 Å². The largest absolute Gasteiger partial charge is 0.338 e. The van der Waals surface area contributed by atoms with Crippen LogP contribution in [0, 0.1) is 5.92 Å². The van der Waals surface area contributed by atoms with Crippen LogP contribution in [0.5, 0.6) is 0 Å². The molecule has 3 rings (SSSR count). The number of benzene rings is 1. The number of piperidine rings is 1. The maximum atomic E-state index is 12.5. The van der Waals surface area contributed by atoms with E-state index in [0.29, 0.717) is 5.92 Å². The molecule has 2 heterocycles. The number of nitrogens with zero attached hydrogens (tertiary/aromatic N) is 2. The Labute approximate surface area is 125 Å². The number of pyridine rings is 1. The lowest BCUT2D eigenvalue weighted by molar-refractivity contribution is 0.0673. The molecule has 3 nitrogen and oxygen atoms in total. The zero-order valence-electron chi connectivity index (χ0n) is 12.1. The number of amides is 1. The summed E-state index contributed by atoms with van der Waals surface area (Å²) in [5, 5.41) is 0. The third-order valence-corrected chi connectivity index (χ3v) is 4.05. The van der Waals surface area contributed by atoms with E-state index in [9.17, 15) is 4.79 Å². The number of hydrogen-bond donors (Lipinski definition) is 0. The van der Waals surface area contributed by atoms with Gasteiger partial charge < -0.3 is 4.90 Å². The lowest BCUT2D eigenvalue weighted by atomic mass is 9.92. The first-order valence-electron chi connectivity index (χ1n) is 7.57. The molecule has 0 radical (unpaired) electrons. The molecule has 0 saturated carbocycles. The van der Waals surface area contributed by atoms with Crippen LogP contribution in [0.2, 0.25) is 0 Å². The highest BCUT2D eigenvalue weighted by Crippen LogP contribution is 2.21. The molecule has 0 aliphatic carbocycles. The predicted octanol–water partition coefficient (Wildman–Crippen LogP) is 3.18. The monoisotopic (exact) mass is 280 g/mol. The zero-order chi connectivity index (χ0) is 14.5. The summed E-state index contributed by atoms with van der Waals surface area (Å²) in [6.07, 6.45) is 5.05. The van der Waals surface area contributed by atoms with Gasteiger partial charge in [-0.1, -0.05) is 24.3 Å². The molecule has 108 valence electrons. The maximum Gasteiger partial charge on any atom is 0.253 e. The fourth-order valence-electron chi connectivity index (χ4n) is 2.99. The highest BCUT2D eigenvalue weighted by Gasteiger charge is 2.24. The van der Waals surface area contributed by atoms with Crippen LogP contribution in [0.25, 0.3) is 0 Å². The van der Waals surface area contributed by atoms with Crippen LogP contribution in [0.3, 0.4) is 0 Å². The van der Waals surface area contributed by atoms with Crippen molar-refractivity contribution in [2.75, 3.05) is 13.1 Å². The van der Waals surface area contributed by atoms with E-state index in [2.05, 4.69) is 11.1 Å². The van der Waals surface area contributed by atoms with Gasteiger partial charge in [-0.25, -0.2) is 0 Å². The summed E-state index contributed by atoms with van der Waals surface area (Å²) in [4.78, 5) is 18.9. The highest BCUT2D eigenvalue weighted by molar-refractivity contribution is 5.94. The second-order valence-corrected chi connectivity index (χ2v) is 5.65. The van der Waals surface area contributed by atoms with E-state index in [4.69, 9.17) is 0 Å². The summed E-state index contributed by atoms with van der Waals surface area (Å²) in [6.45, 7) is 1.71. The van der Waals surface area contributed by atoms with Crippen molar-refractivity contribution in [1.82, 2.24) is 9.88 Å². The summed E-state index contributed by atoms with van der Waals surface area (Å²) in [7, 11) is 0. The molecule has 1 aliphatic rings. The summed E-state index contributed by atoms with van der Waals surface area (Å²) in [5.74, 6) is 0.669. The van der Waals surface area contributed by atoms with Crippen molar-refractivity contribution >= 4 is 5.91 Å². The third-order valence-electron chi connectivity index (χ3n) is 4.05. The molecule has 3 heteroatoms. The van der Waals surface area contributed by atoms with E-state index in [0.717, 1.165) is 37.2 Å². The quantitative estimate of drug-likeness (QED) is 0.865. The van der Waals surface area contributed by atoms with Crippen LogP contribution in [0.4, 0.5) is 0 Å². The third kappa shape index (κ3) is 3.48. The molecule has 0 N–H and O–H groups in total. The lowest BCUT2D eigenvalue weighted by Gasteiger charge is -2.32. The molecule has 0 spiro atoms. The Morgan fingerprint density at radius 1 is 1.14 bits per heavy atom. The number of rotatable bonds is 3. The SMILES string of the molecule is O=C(c1ccccc1)N1CCCC(Cc2ccccn2)C1. The van der Waals surface area contributed by atoms with Crippen molar-refractivity contribution in [3.63, 3.8) is 0 Å². The molecule has 1 aromatic heterocycles. The molecule has 1 unspecified atom stereocenters.